The van der Waals surface area contributed by atoms with Crippen LogP contribution in [0.3, 0.4) is 0 Å². The van der Waals surface area contributed by atoms with Gasteiger partial charge in [0.25, 0.3) is 0 Å². The molecule has 0 bridgehead atoms. The lowest BCUT2D eigenvalue weighted by Crippen LogP contribution is -2.18. The summed E-state index contributed by atoms with van der Waals surface area (Å²) in [6, 6.07) is 7.37. The second kappa shape index (κ2) is 7.05. The van der Waals surface area contributed by atoms with Crippen LogP contribution in [0.25, 0.3) is 0 Å². The van der Waals surface area contributed by atoms with Crippen LogP contribution in [0, 0.1) is 18.3 Å². The Hall–Kier alpha value is -1.67. The van der Waals surface area contributed by atoms with Gasteiger partial charge >= 0.3 is 5.97 Å². The molecule has 0 aromatic heterocycles. The Kier molecular flexibility index (Phi) is 5.71. The first kappa shape index (κ1) is 15.4. The summed E-state index contributed by atoms with van der Waals surface area (Å²) in [5.74, 6) is 0.0350. The van der Waals surface area contributed by atoms with Gasteiger partial charge in [0.15, 0.2) is 0 Å². The number of rotatable bonds is 5. The van der Waals surface area contributed by atoms with Crippen molar-refractivity contribution in [1.82, 2.24) is 0 Å². The summed E-state index contributed by atoms with van der Waals surface area (Å²) in [6.45, 7) is 3.66. The van der Waals surface area contributed by atoms with E-state index in [1.807, 2.05) is 13.0 Å². The van der Waals surface area contributed by atoms with E-state index in [2.05, 4.69) is 10.8 Å². The van der Waals surface area contributed by atoms with Gasteiger partial charge in [-0.3, -0.25) is 9.00 Å². The van der Waals surface area contributed by atoms with Gasteiger partial charge in [-0.25, -0.2) is 0 Å². The third-order valence-electron chi connectivity index (χ3n) is 2.90. The van der Waals surface area contributed by atoms with Crippen LogP contribution in [-0.2, 0) is 26.1 Å². The maximum atomic E-state index is 12.1. The quantitative estimate of drug-likeness (QED) is 0.774. The summed E-state index contributed by atoms with van der Waals surface area (Å²) in [6.07, 6.45) is 0.151. The third kappa shape index (κ3) is 4.49. The molecule has 0 saturated carbocycles. The van der Waals surface area contributed by atoms with Crippen molar-refractivity contribution in [1.29, 1.82) is 5.26 Å². The molecule has 1 rings (SSSR count). The Morgan fingerprint density at radius 1 is 1.53 bits per heavy atom. The van der Waals surface area contributed by atoms with Gasteiger partial charge in [-0.15, -0.1) is 0 Å². The summed E-state index contributed by atoms with van der Waals surface area (Å²) in [4.78, 5) is 11.1. The molecule has 0 amide bonds. The molecule has 0 saturated heterocycles. The lowest BCUT2D eigenvalue weighted by Gasteiger charge is -2.11. The molecule has 0 aliphatic heterocycles. The fraction of sp³-hybridized carbons (Fsp3) is 0.429. The molecule has 0 spiro atoms. The molecule has 0 aliphatic carbocycles. The highest BCUT2D eigenvalue weighted by atomic mass is 32.2. The van der Waals surface area contributed by atoms with Crippen molar-refractivity contribution in [2.45, 2.75) is 31.3 Å². The number of hydrogen-bond acceptors (Lipinski definition) is 4. The molecule has 0 radical (unpaired) electrons. The van der Waals surface area contributed by atoms with Gasteiger partial charge in [-0.2, -0.15) is 5.26 Å². The first-order chi connectivity index (χ1) is 8.97. The summed E-state index contributed by atoms with van der Waals surface area (Å²) in [5.41, 5.74) is 2.47. The molecule has 5 heteroatoms. The predicted octanol–water partition coefficient (Wildman–Crippen LogP) is 2.07. The maximum absolute atomic E-state index is 12.1. The van der Waals surface area contributed by atoms with Gasteiger partial charge in [-0.1, -0.05) is 13.0 Å². The molecule has 0 aliphatic rings. The second-order valence-electron chi connectivity index (χ2n) is 4.37. The average Bonchev–Trinajstić information content (AvgIpc) is 2.40. The Balaban J connectivity index is 2.72. The van der Waals surface area contributed by atoms with Crippen LogP contribution < -0.4 is 0 Å². The highest BCUT2D eigenvalue weighted by molar-refractivity contribution is 7.84. The normalized spacial score (nSPS) is 13.4. The Bertz CT molecular complexity index is 534. The molecular formula is C14H17NO3S. The van der Waals surface area contributed by atoms with Gasteiger partial charge < -0.3 is 4.74 Å². The fourth-order valence-corrected chi connectivity index (χ4v) is 2.87. The van der Waals surface area contributed by atoms with Crippen molar-refractivity contribution in [2.75, 3.05) is 7.11 Å². The first-order valence-electron chi connectivity index (χ1n) is 5.91. The minimum atomic E-state index is -1.14. The molecule has 0 N–H and O–H groups in total. The van der Waals surface area contributed by atoms with Crippen LogP contribution in [0.15, 0.2) is 18.2 Å². The zero-order valence-corrected chi connectivity index (χ0v) is 12.1. The lowest BCUT2D eigenvalue weighted by atomic mass is 10.1. The zero-order valence-electron chi connectivity index (χ0n) is 11.3. The van der Waals surface area contributed by atoms with Crippen LogP contribution in [-0.4, -0.2) is 22.5 Å². The van der Waals surface area contributed by atoms with E-state index in [1.165, 1.54) is 7.11 Å². The van der Waals surface area contributed by atoms with Gasteiger partial charge in [0.05, 0.1) is 25.2 Å². The molecule has 102 valence electrons. The fourth-order valence-electron chi connectivity index (χ4n) is 1.63. The van der Waals surface area contributed by atoms with Crippen molar-refractivity contribution in [3.8, 4) is 6.07 Å². The van der Waals surface area contributed by atoms with E-state index in [0.717, 1.165) is 11.1 Å². The number of esters is 1. The zero-order chi connectivity index (χ0) is 14.4. The van der Waals surface area contributed by atoms with Crippen LogP contribution in [0.1, 0.15) is 30.0 Å². The van der Waals surface area contributed by atoms with E-state index in [1.54, 1.807) is 19.1 Å². The van der Waals surface area contributed by atoms with Gasteiger partial charge in [0, 0.05) is 21.8 Å². The predicted molar refractivity (Wildman–Crippen MR) is 73.8 cm³/mol. The molecule has 2 unspecified atom stereocenters. The monoisotopic (exact) mass is 279 g/mol. The van der Waals surface area contributed by atoms with Crippen molar-refractivity contribution in [2.24, 2.45) is 0 Å². The largest absolute Gasteiger partial charge is 0.469 e. The molecule has 2 atom stereocenters. The number of aryl methyl sites for hydroxylation is 1. The van der Waals surface area contributed by atoms with Crippen LogP contribution in [0.2, 0.25) is 0 Å². The van der Waals surface area contributed by atoms with Gasteiger partial charge in [0.1, 0.15) is 0 Å². The van der Waals surface area contributed by atoms with E-state index < -0.39 is 10.8 Å². The van der Waals surface area contributed by atoms with Crippen LogP contribution in [0.5, 0.6) is 0 Å². The number of ether oxygens (including phenoxy) is 1. The number of carbonyl (C=O) groups is 1. The van der Waals surface area contributed by atoms with Gasteiger partial charge in [0.2, 0.25) is 0 Å². The molecule has 19 heavy (non-hydrogen) atoms. The van der Waals surface area contributed by atoms with Crippen molar-refractivity contribution < 1.29 is 13.7 Å². The smallest absolute Gasteiger partial charge is 0.306 e. The van der Waals surface area contributed by atoms with E-state index >= 15 is 0 Å². The molecule has 1 aromatic carbocycles. The van der Waals surface area contributed by atoms with E-state index in [4.69, 9.17) is 5.26 Å². The number of nitrogens with zero attached hydrogens (tertiary/aromatic N) is 1. The van der Waals surface area contributed by atoms with E-state index in [9.17, 15) is 9.00 Å². The summed E-state index contributed by atoms with van der Waals surface area (Å²) < 4.78 is 16.7. The van der Waals surface area contributed by atoms with Crippen LogP contribution in [0.4, 0.5) is 0 Å². The molecule has 4 nitrogen and oxygen atoms in total. The first-order valence-corrected chi connectivity index (χ1v) is 7.29. The molecule has 0 fully saturated rings. The topological polar surface area (TPSA) is 67.2 Å². The van der Waals surface area contributed by atoms with Crippen molar-refractivity contribution >= 4 is 16.8 Å². The molecular weight excluding hydrogens is 262 g/mol. The van der Waals surface area contributed by atoms with E-state index in [-0.39, 0.29) is 17.6 Å². The highest BCUT2D eigenvalue weighted by Crippen LogP contribution is 2.15. The Morgan fingerprint density at radius 2 is 2.21 bits per heavy atom. The summed E-state index contributed by atoms with van der Waals surface area (Å²) in [5, 5.41) is 8.54. The average molecular weight is 279 g/mol. The maximum Gasteiger partial charge on any atom is 0.306 e. The summed E-state index contributed by atoms with van der Waals surface area (Å²) in [7, 11) is 0.182. The highest BCUT2D eigenvalue weighted by Gasteiger charge is 2.17. The Labute approximate surface area is 115 Å². The van der Waals surface area contributed by atoms with Crippen LogP contribution >= 0.6 is 0 Å². The van der Waals surface area contributed by atoms with Gasteiger partial charge in [-0.05, 0) is 30.2 Å². The number of hydrogen-bond donors (Lipinski definition) is 0. The minimum Gasteiger partial charge on any atom is -0.469 e. The number of nitriles is 1. The van der Waals surface area contributed by atoms with Crippen molar-refractivity contribution in [3.63, 3.8) is 0 Å². The Morgan fingerprint density at radius 3 is 2.74 bits per heavy atom. The number of carbonyl (C=O) groups excluding carboxylic acids is 1. The summed E-state index contributed by atoms with van der Waals surface area (Å²) >= 11 is 0. The molecule has 1 aromatic rings. The van der Waals surface area contributed by atoms with E-state index in [0.29, 0.717) is 11.3 Å². The standard InChI is InChI=1S/C14H17NO3S/c1-10-6-12(8-15)4-5-13(10)9-19(17)11(2)7-14(16)18-3/h4-6,11H,7,9H2,1-3H3. The third-order valence-corrected chi connectivity index (χ3v) is 4.56. The second-order valence-corrected chi connectivity index (χ2v) is 6.22. The van der Waals surface area contributed by atoms with Crippen molar-refractivity contribution in [3.05, 3.63) is 34.9 Å². The minimum absolute atomic E-state index is 0.151. The number of benzene rings is 1. The lowest BCUT2D eigenvalue weighted by molar-refractivity contribution is -0.140. The number of methoxy groups -OCH3 is 1. The molecule has 0 heterocycles. The SMILES string of the molecule is COC(=O)CC(C)S(=O)Cc1ccc(C#N)cc1C.